The van der Waals surface area contributed by atoms with Gasteiger partial charge in [0.1, 0.15) is 0 Å². The second-order valence-electron chi connectivity index (χ2n) is 6.26. The van der Waals surface area contributed by atoms with Crippen molar-refractivity contribution in [1.82, 2.24) is 10.2 Å². The predicted molar refractivity (Wildman–Crippen MR) is 86.7 cm³/mol. The standard InChI is InChI=1S/C19H12F3N3O/c20-19(21,22)15-3-1-2-13(10-15)17-25-24-16(26-17)12-4-6-14(7-5-12)18(11-23)8-9-18/h1-7,10H,8-9H2. The first-order valence-corrected chi connectivity index (χ1v) is 7.95. The fourth-order valence-corrected chi connectivity index (χ4v) is 2.81. The number of alkyl halides is 3. The van der Waals surface area contributed by atoms with Crippen molar-refractivity contribution in [1.29, 1.82) is 5.26 Å². The normalized spacial score (nSPS) is 15.5. The van der Waals surface area contributed by atoms with E-state index in [0.717, 1.165) is 30.5 Å². The third-order valence-electron chi connectivity index (χ3n) is 4.51. The summed E-state index contributed by atoms with van der Waals surface area (Å²) in [7, 11) is 0. The van der Waals surface area contributed by atoms with Gasteiger partial charge in [-0.3, -0.25) is 0 Å². The number of hydrogen-bond donors (Lipinski definition) is 0. The molecule has 0 N–H and O–H groups in total. The van der Waals surface area contributed by atoms with Crippen LogP contribution >= 0.6 is 0 Å². The minimum Gasteiger partial charge on any atom is -0.416 e. The SMILES string of the molecule is N#CC1(c2ccc(-c3nnc(-c4cccc(C(F)(F)F)c4)o3)cc2)CC1. The highest BCUT2D eigenvalue weighted by Gasteiger charge is 2.44. The lowest BCUT2D eigenvalue weighted by Gasteiger charge is -2.06. The molecule has 26 heavy (non-hydrogen) atoms. The maximum Gasteiger partial charge on any atom is 0.416 e. The minimum atomic E-state index is -4.44. The number of benzene rings is 2. The summed E-state index contributed by atoms with van der Waals surface area (Å²) in [5.41, 5.74) is 0.646. The number of nitrogens with zero attached hydrogens (tertiary/aromatic N) is 3. The molecule has 1 heterocycles. The third kappa shape index (κ3) is 2.84. The molecule has 0 spiro atoms. The van der Waals surface area contributed by atoms with Crippen molar-refractivity contribution in [3.8, 4) is 29.0 Å². The molecular formula is C19H12F3N3O. The van der Waals surface area contributed by atoms with Gasteiger partial charge in [-0.2, -0.15) is 18.4 Å². The Labute approximate surface area is 146 Å². The van der Waals surface area contributed by atoms with Gasteiger partial charge in [0.05, 0.1) is 17.0 Å². The average Bonchev–Trinajstić information content (AvgIpc) is 3.29. The van der Waals surface area contributed by atoms with Crippen molar-refractivity contribution in [2.45, 2.75) is 24.4 Å². The summed E-state index contributed by atoms with van der Waals surface area (Å²) in [6.45, 7) is 0. The average molecular weight is 355 g/mol. The van der Waals surface area contributed by atoms with Crippen LogP contribution in [-0.4, -0.2) is 10.2 Å². The molecule has 0 unspecified atom stereocenters. The van der Waals surface area contributed by atoms with Crippen LogP contribution in [-0.2, 0) is 11.6 Å². The zero-order valence-corrected chi connectivity index (χ0v) is 13.4. The number of aromatic nitrogens is 2. The second-order valence-corrected chi connectivity index (χ2v) is 6.26. The first-order valence-electron chi connectivity index (χ1n) is 7.95. The lowest BCUT2D eigenvalue weighted by Crippen LogP contribution is -2.04. The van der Waals surface area contributed by atoms with Crippen LogP contribution in [0, 0.1) is 11.3 Å². The van der Waals surface area contributed by atoms with E-state index in [9.17, 15) is 18.4 Å². The van der Waals surface area contributed by atoms with Gasteiger partial charge in [0, 0.05) is 11.1 Å². The molecule has 0 bridgehead atoms. The van der Waals surface area contributed by atoms with Crippen LogP contribution in [0.4, 0.5) is 13.2 Å². The predicted octanol–water partition coefficient (Wildman–Crippen LogP) is 4.98. The summed E-state index contributed by atoms with van der Waals surface area (Å²) in [6.07, 6.45) is -2.74. The Balaban J connectivity index is 1.62. The largest absolute Gasteiger partial charge is 0.416 e. The van der Waals surface area contributed by atoms with Crippen molar-refractivity contribution < 1.29 is 17.6 Å². The molecule has 130 valence electrons. The van der Waals surface area contributed by atoms with E-state index in [1.54, 1.807) is 12.1 Å². The van der Waals surface area contributed by atoms with Crippen molar-refractivity contribution >= 4 is 0 Å². The van der Waals surface area contributed by atoms with Crippen LogP contribution < -0.4 is 0 Å². The molecule has 4 nitrogen and oxygen atoms in total. The van der Waals surface area contributed by atoms with Gasteiger partial charge in [0.2, 0.25) is 11.8 Å². The molecule has 1 aliphatic carbocycles. The van der Waals surface area contributed by atoms with Gasteiger partial charge in [-0.25, -0.2) is 0 Å². The highest BCUT2D eigenvalue weighted by Crippen LogP contribution is 2.47. The zero-order valence-electron chi connectivity index (χ0n) is 13.4. The van der Waals surface area contributed by atoms with Gasteiger partial charge >= 0.3 is 6.18 Å². The molecule has 0 radical (unpaired) electrons. The molecule has 0 saturated heterocycles. The molecule has 3 aromatic rings. The van der Waals surface area contributed by atoms with E-state index in [1.165, 1.54) is 12.1 Å². The fourth-order valence-electron chi connectivity index (χ4n) is 2.81. The molecular weight excluding hydrogens is 343 g/mol. The van der Waals surface area contributed by atoms with Crippen molar-refractivity contribution in [3.63, 3.8) is 0 Å². The lowest BCUT2D eigenvalue weighted by atomic mass is 9.97. The number of rotatable bonds is 3. The number of nitriles is 1. The lowest BCUT2D eigenvalue weighted by molar-refractivity contribution is -0.137. The van der Waals surface area contributed by atoms with E-state index in [0.29, 0.717) is 5.56 Å². The van der Waals surface area contributed by atoms with Crippen molar-refractivity contribution in [2.24, 2.45) is 0 Å². The molecule has 1 aliphatic rings. The highest BCUT2D eigenvalue weighted by atomic mass is 19.4. The first kappa shape index (κ1) is 16.3. The van der Waals surface area contributed by atoms with Gasteiger partial charge < -0.3 is 4.42 Å². The topological polar surface area (TPSA) is 62.7 Å². The zero-order chi connectivity index (χ0) is 18.4. The van der Waals surface area contributed by atoms with E-state index < -0.39 is 11.7 Å². The molecule has 0 aliphatic heterocycles. The monoisotopic (exact) mass is 355 g/mol. The quantitative estimate of drug-likeness (QED) is 0.665. The smallest absolute Gasteiger partial charge is 0.416 e. The molecule has 0 atom stereocenters. The first-order chi connectivity index (χ1) is 12.4. The van der Waals surface area contributed by atoms with E-state index in [2.05, 4.69) is 16.3 Å². The maximum absolute atomic E-state index is 12.8. The van der Waals surface area contributed by atoms with E-state index in [4.69, 9.17) is 4.42 Å². The van der Waals surface area contributed by atoms with E-state index >= 15 is 0 Å². The van der Waals surface area contributed by atoms with Gasteiger partial charge in [-0.05, 0) is 48.7 Å². The fraction of sp³-hybridized carbons (Fsp3) is 0.211. The summed E-state index contributed by atoms with van der Waals surface area (Å²) in [4.78, 5) is 0. The number of hydrogen-bond acceptors (Lipinski definition) is 4. The van der Waals surface area contributed by atoms with Crippen LogP contribution in [0.15, 0.2) is 52.9 Å². The van der Waals surface area contributed by atoms with Crippen LogP contribution in [0.1, 0.15) is 24.0 Å². The molecule has 2 aromatic carbocycles. The molecule has 0 amide bonds. The summed E-state index contributed by atoms with van der Waals surface area (Å²) < 4.78 is 44.0. The molecule has 1 fully saturated rings. The third-order valence-corrected chi connectivity index (χ3v) is 4.51. The van der Waals surface area contributed by atoms with E-state index in [-0.39, 0.29) is 22.8 Å². The Morgan fingerprint density at radius 1 is 0.962 bits per heavy atom. The second kappa shape index (κ2) is 5.70. The molecule has 1 aromatic heterocycles. The Bertz CT molecular complexity index is 996. The summed E-state index contributed by atoms with van der Waals surface area (Å²) in [6, 6.07) is 14.3. The summed E-state index contributed by atoms with van der Waals surface area (Å²) in [5.74, 6) is 0.233. The molecule has 7 heteroatoms. The van der Waals surface area contributed by atoms with Gasteiger partial charge in [0.15, 0.2) is 0 Å². The van der Waals surface area contributed by atoms with Crippen LogP contribution in [0.5, 0.6) is 0 Å². The Morgan fingerprint density at radius 3 is 2.19 bits per heavy atom. The van der Waals surface area contributed by atoms with Crippen molar-refractivity contribution in [2.75, 3.05) is 0 Å². The minimum absolute atomic E-state index is 0.0193. The Kier molecular flexibility index (Phi) is 3.58. The Hall–Kier alpha value is -3.14. The van der Waals surface area contributed by atoms with Crippen molar-refractivity contribution in [3.05, 3.63) is 59.7 Å². The van der Waals surface area contributed by atoms with Gasteiger partial charge in [0.25, 0.3) is 0 Å². The van der Waals surface area contributed by atoms with E-state index in [1.807, 2.05) is 12.1 Å². The molecule has 1 saturated carbocycles. The number of halogens is 3. The van der Waals surface area contributed by atoms with Crippen LogP contribution in [0.2, 0.25) is 0 Å². The van der Waals surface area contributed by atoms with Gasteiger partial charge in [-0.1, -0.05) is 18.2 Å². The highest BCUT2D eigenvalue weighted by molar-refractivity contribution is 5.59. The molecule has 4 rings (SSSR count). The maximum atomic E-state index is 12.8. The summed E-state index contributed by atoms with van der Waals surface area (Å²) in [5, 5.41) is 17.0. The van der Waals surface area contributed by atoms with Crippen LogP contribution in [0.3, 0.4) is 0 Å². The van der Waals surface area contributed by atoms with Gasteiger partial charge in [-0.15, -0.1) is 10.2 Å². The van der Waals surface area contributed by atoms with Crippen LogP contribution in [0.25, 0.3) is 22.9 Å². The Morgan fingerprint density at radius 2 is 1.62 bits per heavy atom. The summed E-state index contributed by atoms with van der Waals surface area (Å²) >= 11 is 0.